The summed E-state index contributed by atoms with van der Waals surface area (Å²) < 4.78 is 5.66. The van der Waals surface area contributed by atoms with Gasteiger partial charge in [0.15, 0.2) is 0 Å². The number of ether oxygens (including phenoxy) is 1. The Morgan fingerprint density at radius 1 is 1.29 bits per heavy atom. The first-order valence-corrected chi connectivity index (χ1v) is 9.54. The summed E-state index contributed by atoms with van der Waals surface area (Å²) in [6.45, 7) is 2.75. The van der Waals surface area contributed by atoms with Crippen LogP contribution in [-0.4, -0.2) is 48.9 Å². The van der Waals surface area contributed by atoms with Gasteiger partial charge in [-0.3, -0.25) is 4.90 Å². The fourth-order valence-corrected chi connectivity index (χ4v) is 6.87. The first-order valence-electron chi connectivity index (χ1n) is 9.54. The third-order valence-corrected chi connectivity index (χ3v) is 7.59. The Balaban J connectivity index is 1.69. The molecule has 130 valence electrons. The normalized spacial score (nSPS) is 39.8. The molecule has 3 aliphatic heterocycles. The Kier molecular flexibility index (Phi) is 3.21. The molecule has 3 fully saturated rings. The maximum atomic E-state index is 9.81. The van der Waals surface area contributed by atoms with E-state index in [0.29, 0.717) is 24.1 Å². The zero-order valence-electron chi connectivity index (χ0n) is 14.6. The van der Waals surface area contributed by atoms with Crippen molar-refractivity contribution < 1.29 is 9.84 Å². The number of benzene rings is 1. The van der Waals surface area contributed by atoms with Crippen LogP contribution in [0, 0.1) is 5.41 Å². The van der Waals surface area contributed by atoms with E-state index < -0.39 is 0 Å². The average Bonchev–Trinajstić information content (AvgIpc) is 3.16. The van der Waals surface area contributed by atoms with E-state index in [9.17, 15) is 5.11 Å². The molecule has 0 bridgehead atoms. The van der Waals surface area contributed by atoms with Crippen molar-refractivity contribution in [2.24, 2.45) is 5.41 Å². The SMILES string of the molecule is COc1cccc2c1NC1CCC3(CCO)CCCN4CCC21C43. The molecule has 1 aromatic rings. The zero-order valence-corrected chi connectivity index (χ0v) is 14.6. The highest BCUT2D eigenvalue weighted by molar-refractivity contribution is 5.71. The Labute approximate surface area is 144 Å². The van der Waals surface area contributed by atoms with Crippen LogP contribution >= 0.6 is 0 Å². The van der Waals surface area contributed by atoms with Crippen LogP contribution in [0.5, 0.6) is 5.75 Å². The fraction of sp³-hybridized carbons (Fsp3) is 0.700. The maximum Gasteiger partial charge on any atom is 0.142 e. The number of nitrogens with zero attached hydrogens (tertiary/aromatic N) is 1. The van der Waals surface area contributed by atoms with Gasteiger partial charge in [-0.2, -0.15) is 0 Å². The third kappa shape index (κ3) is 1.66. The number of aliphatic hydroxyl groups excluding tert-OH is 1. The van der Waals surface area contributed by atoms with Crippen molar-refractivity contribution in [3.05, 3.63) is 23.8 Å². The van der Waals surface area contributed by atoms with Crippen LogP contribution < -0.4 is 10.1 Å². The number of rotatable bonds is 3. The zero-order chi connectivity index (χ0) is 16.4. The van der Waals surface area contributed by atoms with Gasteiger partial charge in [-0.15, -0.1) is 0 Å². The summed E-state index contributed by atoms with van der Waals surface area (Å²) in [7, 11) is 1.77. The molecule has 1 spiro atoms. The number of nitrogens with one attached hydrogen (secondary N) is 1. The van der Waals surface area contributed by atoms with E-state index in [4.69, 9.17) is 4.74 Å². The maximum absolute atomic E-state index is 9.81. The second kappa shape index (κ2) is 5.12. The summed E-state index contributed by atoms with van der Waals surface area (Å²) >= 11 is 0. The van der Waals surface area contributed by atoms with Crippen molar-refractivity contribution in [1.82, 2.24) is 4.90 Å². The molecule has 3 heterocycles. The van der Waals surface area contributed by atoms with Crippen LogP contribution in [0.2, 0.25) is 0 Å². The molecule has 5 rings (SSSR count). The highest BCUT2D eigenvalue weighted by Crippen LogP contribution is 2.64. The van der Waals surface area contributed by atoms with E-state index >= 15 is 0 Å². The Bertz CT molecular complexity index is 659. The molecule has 1 saturated carbocycles. The number of para-hydroxylation sites is 1. The molecule has 0 aromatic heterocycles. The van der Waals surface area contributed by atoms with Crippen molar-refractivity contribution >= 4 is 5.69 Å². The molecule has 4 unspecified atom stereocenters. The number of piperidine rings is 1. The number of hydrogen-bond acceptors (Lipinski definition) is 4. The van der Waals surface area contributed by atoms with Crippen molar-refractivity contribution in [2.75, 3.05) is 32.1 Å². The minimum absolute atomic E-state index is 0.206. The van der Waals surface area contributed by atoms with Crippen LogP contribution in [-0.2, 0) is 5.41 Å². The molecule has 4 atom stereocenters. The summed E-state index contributed by atoms with van der Waals surface area (Å²) in [5.74, 6) is 0.985. The minimum atomic E-state index is 0.206. The average molecular weight is 328 g/mol. The summed E-state index contributed by atoms with van der Waals surface area (Å²) in [6, 6.07) is 7.66. The largest absolute Gasteiger partial charge is 0.495 e. The molecule has 4 nitrogen and oxygen atoms in total. The van der Waals surface area contributed by atoms with E-state index in [0.717, 1.165) is 12.2 Å². The lowest BCUT2D eigenvalue weighted by Crippen LogP contribution is -2.63. The van der Waals surface area contributed by atoms with E-state index in [2.05, 4.69) is 28.4 Å². The molecule has 2 N–H and O–H groups in total. The monoisotopic (exact) mass is 328 g/mol. The van der Waals surface area contributed by atoms with E-state index in [1.165, 1.54) is 56.4 Å². The minimum Gasteiger partial charge on any atom is -0.495 e. The van der Waals surface area contributed by atoms with Crippen molar-refractivity contribution in [3.63, 3.8) is 0 Å². The van der Waals surface area contributed by atoms with Crippen LogP contribution in [0.3, 0.4) is 0 Å². The molecular weight excluding hydrogens is 300 g/mol. The van der Waals surface area contributed by atoms with E-state index in [1.807, 2.05) is 0 Å². The fourth-order valence-electron chi connectivity index (χ4n) is 6.87. The number of methoxy groups -OCH3 is 1. The van der Waals surface area contributed by atoms with Crippen molar-refractivity contribution in [2.45, 2.75) is 56.0 Å². The summed E-state index contributed by atoms with van der Waals surface area (Å²) in [5, 5.41) is 13.7. The standard InChI is InChI=1S/C20H28N2O2/c1-24-15-5-2-4-14-17(15)21-16-6-8-19(10-13-23)7-3-11-22-12-9-20(14,16)18(19)22/h2,4-5,16,18,21,23H,3,6-13H2,1H3. The van der Waals surface area contributed by atoms with Gasteiger partial charge < -0.3 is 15.2 Å². The molecule has 4 aliphatic rings. The quantitative estimate of drug-likeness (QED) is 0.895. The van der Waals surface area contributed by atoms with Gasteiger partial charge >= 0.3 is 0 Å². The first-order chi connectivity index (χ1) is 11.7. The smallest absolute Gasteiger partial charge is 0.142 e. The Hall–Kier alpha value is -1.26. The topological polar surface area (TPSA) is 44.7 Å². The molecule has 2 saturated heterocycles. The van der Waals surface area contributed by atoms with Gasteiger partial charge in [-0.1, -0.05) is 12.1 Å². The Morgan fingerprint density at radius 3 is 3.04 bits per heavy atom. The number of aliphatic hydroxyl groups is 1. The van der Waals surface area contributed by atoms with E-state index in [-0.39, 0.29) is 5.41 Å². The molecule has 1 aliphatic carbocycles. The lowest BCUT2D eigenvalue weighted by Gasteiger charge is -2.58. The lowest BCUT2D eigenvalue weighted by atomic mass is 9.52. The molecule has 24 heavy (non-hydrogen) atoms. The van der Waals surface area contributed by atoms with Gasteiger partial charge in [0.1, 0.15) is 5.75 Å². The van der Waals surface area contributed by atoms with Crippen LogP contribution in [0.1, 0.15) is 44.1 Å². The molecular formula is C20H28N2O2. The van der Waals surface area contributed by atoms with Gasteiger partial charge in [0.05, 0.1) is 12.8 Å². The molecule has 0 amide bonds. The van der Waals surface area contributed by atoms with Crippen LogP contribution in [0.25, 0.3) is 0 Å². The number of hydrogen-bond donors (Lipinski definition) is 2. The van der Waals surface area contributed by atoms with Crippen LogP contribution in [0.15, 0.2) is 18.2 Å². The number of fused-ring (bicyclic) bond motifs is 1. The Morgan fingerprint density at radius 2 is 2.21 bits per heavy atom. The predicted molar refractivity (Wildman–Crippen MR) is 94.7 cm³/mol. The second-order valence-electron chi connectivity index (χ2n) is 8.29. The molecule has 4 heteroatoms. The molecule has 1 aromatic carbocycles. The van der Waals surface area contributed by atoms with Gasteiger partial charge in [0.2, 0.25) is 0 Å². The lowest BCUT2D eigenvalue weighted by molar-refractivity contribution is -0.0422. The number of anilines is 1. The van der Waals surface area contributed by atoms with Crippen LogP contribution in [0.4, 0.5) is 5.69 Å². The highest BCUT2D eigenvalue weighted by Gasteiger charge is 2.66. The van der Waals surface area contributed by atoms with Gasteiger partial charge in [-0.05, 0) is 68.7 Å². The summed E-state index contributed by atoms with van der Waals surface area (Å²) in [5.41, 5.74) is 3.21. The third-order valence-electron chi connectivity index (χ3n) is 7.59. The first kappa shape index (κ1) is 15.0. The predicted octanol–water partition coefficient (Wildman–Crippen LogP) is 2.76. The van der Waals surface area contributed by atoms with Gasteiger partial charge in [0, 0.05) is 24.1 Å². The second-order valence-corrected chi connectivity index (χ2v) is 8.29. The van der Waals surface area contributed by atoms with Gasteiger partial charge in [0.25, 0.3) is 0 Å². The highest BCUT2D eigenvalue weighted by atomic mass is 16.5. The summed E-state index contributed by atoms with van der Waals surface area (Å²) in [4.78, 5) is 2.75. The van der Waals surface area contributed by atoms with Crippen molar-refractivity contribution in [3.8, 4) is 5.75 Å². The van der Waals surface area contributed by atoms with Crippen molar-refractivity contribution in [1.29, 1.82) is 0 Å². The summed E-state index contributed by atoms with van der Waals surface area (Å²) in [6.07, 6.45) is 7.22. The van der Waals surface area contributed by atoms with Gasteiger partial charge in [-0.25, -0.2) is 0 Å². The van der Waals surface area contributed by atoms with E-state index in [1.54, 1.807) is 7.11 Å². The molecule has 0 radical (unpaired) electrons.